The van der Waals surface area contributed by atoms with E-state index in [4.69, 9.17) is 23.2 Å². The van der Waals surface area contributed by atoms with Crippen molar-refractivity contribution in [1.29, 1.82) is 0 Å². The Balaban J connectivity index is 1.67. The number of anilines is 2. The Morgan fingerprint density at radius 3 is 2.48 bits per heavy atom. The standard InChI is InChI=1S/C16H17Cl2N3/c17-12-13-4-5-19-16(10-13)21-8-6-20(7-9-21)15-3-1-2-14(18)11-15/h1-5,10-11H,6-9,12H2. The molecule has 0 aliphatic carbocycles. The molecule has 1 aliphatic rings. The molecule has 2 aromatic rings. The Kier molecular flexibility index (Phi) is 4.51. The van der Waals surface area contributed by atoms with Gasteiger partial charge in [-0.05, 0) is 35.9 Å². The number of halogens is 2. The highest BCUT2D eigenvalue weighted by atomic mass is 35.5. The maximum Gasteiger partial charge on any atom is 0.128 e. The van der Waals surface area contributed by atoms with E-state index in [9.17, 15) is 0 Å². The number of hydrogen-bond donors (Lipinski definition) is 0. The first-order chi connectivity index (χ1) is 10.3. The fraction of sp³-hybridized carbons (Fsp3) is 0.312. The minimum Gasteiger partial charge on any atom is -0.368 e. The zero-order valence-corrected chi connectivity index (χ0v) is 13.2. The number of piperazine rings is 1. The molecular formula is C16H17Cl2N3. The summed E-state index contributed by atoms with van der Waals surface area (Å²) in [6.07, 6.45) is 1.83. The fourth-order valence-corrected chi connectivity index (χ4v) is 2.93. The average Bonchev–Trinajstić information content (AvgIpc) is 2.55. The number of benzene rings is 1. The SMILES string of the molecule is ClCc1ccnc(N2CCN(c3cccc(Cl)c3)CC2)c1. The highest BCUT2D eigenvalue weighted by Crippen LogP contribution is 2.22. The molecule has 0 amide bonds. The van der Waals surface area contributed by atoms with Gasteiger partial charge in [-0.25, -0.2) is 4.98 Å². The molecule has 110 valence electrons. The first-order valence-electron chi connectivity index (χ1n) is 7.02. The van der Waals surface area contributed by atoms with Gasteiger partial charge in [0.1, 0.15) is 5.82 Å². The highest BCUT2D eigenvalue weighted by molar-refractivity contribution is 6.30. The van der Waals surface area contributed by atoms with Gasteiger partial charge in [0.25, 0.3) is 0 Å². The van der Waals surface area contributed by atoms with Gasteiger partial charge in [-0.1, -0.05) is 17.7 Å². The van der Waals surface area contributed by atoms with E-state index in [0.717, 1.165) is 42.6 Å². The van der Waals surface area contributed by atoms with Crippen molar-refractivity contribution in [2.75, 3.05) is 36.0 Å². The number of aromatic nitrogens is 1. The van der Waals surface area contributed by atoms with Crippen LogP contribution < -0.4 is 9.80 Å². The lowest BCUT2D eigenvalue weighted by Gasteiger charge is -2.36. The van der Waals surface area contributed by atoms with E-state index in [-0.39, 0.29) is 0 Å². The number of nitrogens with zero attached hydrogens (tertiary/aromatic N) is 3. The second-order valence-corrected chi connectivity index (χ2v) is 5.81. The van der Waals surface area contributed by atoms with E-state index < -0.39 is 0 Å². The summed E-state index contributed by atoms with van der Waals surface area (Å²) < 4.78 is 0. The van der Waals surface area contributed by atoms with E-state index >= 15 is 0 Å². The smallest absolute Gasteiger partial charge is 0.128 e. The van der Waals surface area contributed by atoms with Crippen molar-refractivity contribution in [1.82, 2.24) is 4.98 Å². The van der Waals surface area contributed by atoms with Gasteiger partial charge in [-0.3, -0.25) is 0 Å². The lowest BCUT2D eigenvalue weighted by molar-refractivity contribution is 0.647. The molecule has 1 fully saturated rings. The van der Waals surface area contributed by atoms with E-state index in [1.807, 2.05) is 30.5 Å². The molecule has 1 aromatic carbocycles. The lowest BCUT2D eigenvalue weighted by Crippen LogP contribution is -2.46. The van der Waals surface area contributed by atoms with Crippen molar-refractivity contribution in [2.24, 2.45) is 0 Å². The van der Waals surface area contributed by atoms with Crippen LogP contribution >= 0.6 is 23.2 Å². The normalized spacial score (nSPS) is 15.3. The topological polar surface area (TPSA) is 19.4 Å². The van der Waals surface area contributed by atoms with Gasteiger partial charge >= 0.3 is 0 Å². The maximum atomic E-state index is 6.06. The highest BCUT2D eigenvalue weighted by Gasteiger charge is 2.18. The van der Waals surface area contributed by atoms with Gasteiger partial charge in [0, 0.05) is 49.0 Å². The molecule has 21 heavy (non-hydrogen) atoms. The predicted octanol–water partition coefficient (Wildman–Crippen LogP) is 3.80. The summed E-state index contributed by atoms with van der Waals surface area (Å²) in [6, 6.07) is 12.1. The van der Waals surface area contributed by atoms with Gasteiger partial charge in [0.05, 0.1) is 0 Å². The molecule has 1 saturated heterocycles. The van der Waals surface area contributed by atoms with Gasteiger partial charge in [-0.2, -0.15) is 0 Å². The van der Waals surface area contributed by atoms with E-state index in [2.05, 4.69) is 26.9 Å². The summed E-state index contributed by atoms with van der Waals surface area (Å²) in [6.45, 7) is 3.83. The molecule has 3 nitrogen and oxygen atoms in total. The third kappa shape index (κ3) is 3.42. The van der Waals surface area contributed by atoms with Gasteiger partial charge in [0.15, 0.2) is 0 Å². The molecule has 2 heterocycles. The predicted molar refractivity (Wildman–Crippen MR) is 89.7 cm³/mol. The molecule has 1 aliphatic heterocycles. The van der Waals surface area contributed by atoms with Crippen LogP contribution in [0.2, 0.25) is 5.02 Å². The van der Waals surface area contributed by atoms with Crippen LogP contribution in [0.25, 0.3) is 0 Å². The Bertz CT molecular complexity index is 610. The number of alkyl halides is 1. The molecule has 0 radical (unpaired) electrons. The van der Waals surface area contributed by atoms with Crippen molar-refractivity contribution in [3.05, 3.63) is 53.2 Å². The third-order valence-electron chi connectivity index (χ3n) is 3.74. The monoisotopic (exact) mass is 321 g/mol. The molecule has 3 rings (SSSR count). The summed E-state index contributed by atoms with van der Waals surface area (Å²) in [4.78, 5) is 9.11. The Morgan fingerprint density at radius 2 is 1.76 bits per heavy atom. The molecule has 5 heteroatoms. The molecule has 1 aromatic heterocycles. The second-order valence-electron chi connectivity index (χ2n) is 5.11. The van der Waals surface area contributed by atoms with Crippen LogP contribution in [-0.4, -0.2) is 31.2 Å². The molecule has 0 bridgehead atoms. The van der Waals surface area contributed by atoms with Crippen LogP contribution in [-0.2, 0) is 5.88 Å². The van der Waals surface area contributed by atoms with Crippen molar-refractivity contribution >= 4 is 34.7 Å². The Labute approximate surface area is 135 Å². The maximum absolute atomic E-state index is 6.06. The molecule has 0 atom stereocenters. The minimum atomic E-state index is 0.526. The van der Waals surface area contributed by atoms with Crippen LogP contribution in [0.3, 0.4) is 0 Å². The van der Waals surface area contributed by atoms with Crippen LogP contribution in [0, 0.1) is 0 Å². The van der Waals surface area contributed by atoms with Crippen molar-refractivity contribution in [3.63, 3.8) is 0 Å². The lowest BCUT2D eigenvalue weighted by atomic mass is 10.2. The van der Waals surface area contributed by atoms with Crippen molar-refractivity contribution in [2.45, 2.75) is 5.88 Å². The van der Waals surface area contributed by atoms with E-state index in [0.29, 0.717) is 5.88 Å². The summed E-state index contributed by atoms with van der Waals surface area (Å²) in [5, 5.41) is 0.784. The van der Waals surface area contributed by atoms with Crippen molar-refractivity contribution < 1.29 is 0 Å². The quantitative estimate of drug-likeness (QED) is 0.801. The Morgan fingerprint density at radius 1 is 1.00 bits per heavy atom. The van der Waals surface area contributed by atoms with Crippen LogP contribution in [0.15, 0.2) is 42.6 Å². The van der Waals surface area contributed by atoms with Gasteiger partial charge < -0.3 is 9.80 Å². The van der Waals surface area contributed by atoms with Crippen LogP contribution in [0.5, 0.6) is 0 Å². The minimum absolute atomic E-state index is 0.526. The van der Waals surface area contributed by atoms with Crippen LogP contribution in [0.4, 0.5) is 11.5 Å². The first-order valence-corrected chi connectivity index (χ1v) is 7.94. The van der Waals surface area contributed by atoms with Crippen LogP contribution in [0.1, 0.15) is 5.56 Å². The van der Waals surface area contributed by atoms with E-state index in [1.54, 1.807) is 0 Å². The summed E-state index contributed by atoms with van der Waals surface area (Å²) >= 11 is 12.0. The fourth-order valence-electron chi connectivity index (χ4n) is 2.58. The van der Waals surface area contributed by atoms with Gasteiger partial charge in [-0.15, -0.1) is 11.6 Å². The Hall–Kier alpha value is -1.45. The molecule has 0 saturated carbocycles. The molecule has 0 spiro atoms. The van der Waals surface area contributed by atoms with Crippen molar-refractivity contribution in [3.8, 4) is 0 Å². The second kappa shape index (κ2) is 6.54. The molecule has 0 N–H and O–H groups in total. The number of pyridine rings is 1. The number of rotatable bonds is 3. The zero-order chi connectivity index (χ0) is 14.7. The third-order valence-corrected chi connectivity index (χ3v) is 4.28. The molecule has 0 unspecified atom stereocenters. The average molecular weight is 322 g/mol. The largest absolute Gasteiger partial charge is 0.368 e. The summed E-state index contributed by atoms with van der Waals surface area (Å²) in [5.41, 5.74) is 2.29. The van der Waals surface area contributed by atoms with Gasteiger partial charge in [0.2, 0.25) is 0 Å². The summed E-state index contributed by atoms with van der Waals surface area (Å²) in [7, 11) is 0. The summed E-state index contributed by atoms with van der Waals surface area (Å²) in [5.74, 6) is 1.54. The number of hydrogen-bond acceptors (Lipinski definition) is 3. The zero-order valence-electron chi connectivity index (χ0n) is 11.7. The van der Waals surface area contributed by atoms with E-state index in [1.165, 1.54) is 5.69 Å². The first kappa shape index (κ1) is 14.5. The molecular weight excluding hydrogens is 305 g/mol.